The Hall–Kier alpha value is -3.52. The number of ether oxygens (including phenoxy) is 3. The summed E-state index contributed by atoms with van der Waals surface area (Å²) in [5.41, 5.74) is 3.97. The highest BCUT2D eigenvalue weighted by Crippen LogP contribution is 2.45. The van der Waals surface area contributed by atoms with Crippen molar-refractivity contribution in [2.24, 2.45) is 11.8 Å². The van der Waals surface area contributed by atoms with E-state index in [0.717, 1.165) is 22.6 Å². The predicted octanol–water partition coefficient (Wildman–Crippen LogP) is 5.17. The van der Waals surface area contributed by atoms with E-state index in [9.17, 15) is 14.4 Å². The van der Waals surface area contributed by atoms with Gasteiger partial charge < -0.3 is 19.5 Å². The van der Waals surface area contributed by atoms with E-state index in [1.807, 2.05) is 68.4 Å². The van der Waals surface area contributed by atoms with Gasteiger partial charge in [0.2, 0.25) is 0 Å². The van der Waals surface area contributed by atoms with Crippen molar-refractivity contribution in [3.8, 4) is 5.75 Å². The van der Waals surface area contributed by atoms with E-state index in [-0.39, 0.29) is 18.3 Å². The maximum Gasteiger partial charge on any atom is 0.336 e. The SMILES string of the molecule is CCSCCOC(=O)C1=C(C)NC2=C(C(=O)[C@H](C(=O)OC)[C@@H](C)C2)[C@H]1c1ccc(OCc2ccccc2)cc1. The summed E-state index contributed by atoms with van der Waals surface area (Å²) >= 11 is 1.69. The Morgan fingerprint density at radius 3 is 2.46 bits per heavy atom. The first-order chi connectivity index (χ1) is 18.8. The van der Waals surface area contributed by atoms with Crippen LogP contribution in [0.2, 0.25) is 0 Å². The average Bonchev–Trinajstić information content (AvgIpc) is 2.94. The van der Waals surface area contributed by atoms with Gasteiger partial charge in [0, 0.05) is 28.6 Å². The molecule has 4 rings (SSSR count). The lowest BCUT2D eigenvalue weighted by atomic mass is 9.69. The number of carbonyl (C=O) groups excluding carboxylic acids is 3. The summed E-state index contributed by atoms with van der Waals surface area (Å²) in [4.78, 5) is 39.9. The fourth-order valence-corrected chi connectivity index (χ4v) is 5.69. The van der Waals surface area contributed by atoms with Gasteiger partial charge in [-0.2, -0.15) is 11.8 Å². The number of hydrogen-bond donors (Lipinski definition) is 1. The first-order valence-corrected chi connectivity index (χ1v) is 14.4. The number of nitrogens with one attached hydrogen (secondary N) is 1. The lowest BCUT2D eigenvalue weighted by Gasteiger charge is -2.38. The van der Waals surface area contributed by atoms with E-state index in [4.69, 9.17) is 14.2 Å². The molecule has 1 aliphatic heterocycles. The monoisotopic (exact) mass is 549 g/mol. The number of benzene rings is 2. The number of rotatable bonds is 10. The minimum absolute atomic E-state index is 0.238. The van der Waals surface area contributed by atoms with Crippen LogP contribution in [-0.4, -0.2) is 42.9 Å². The molecule has 2 aliphatic rings. The number of carbonyl (C=O) groups is 3. The van der Waals surface area contributed by atoms with Crippen LogP contribution in [0.4, 0.5) is 0 Å². The number of ketones is 1. The lowest BCUT2D eigenvalue weighted by Crippen LogP contribution is -2.43. The van der Waals surface area contributed by atoms with Gasteiger partial charge in [-0.05, 0) is 48.3 Å². The van der Waals surface area contributed by atoms with Crippen molar-refractivity contribution >= 4 is 29.5 Å². The number of thioether (sulfide) groups is 1. The number of Topliss-reactive ketones (excluding diaryl/α,β-unsaturated/α-hetero) is 1. The molecule has 1 aliphatic carbocycles. The van der Waals surface area contributed by atoms with Crippen LogP contribution in [0.15, 0.2) is 77.1 Å². The molecule has 206 valence electrons. The third kappa shape index (κ3) is 6.38. The minimum Gasteiger partial charge on any atom is -0.489 e. The van der Waals surface area contributed by atoms with E-state index in [2.05, 4.69) is 12.2 Å². The second kappa shape index (κ2) is 13.0. The first-order valence-electron chi connectivity index (χ1n) is 13.2. The maximum atomic E-state index is 13.9. The average molecular weight is 550 g/mol. The smallest absolute Gasteiger partial charge is 0.336 e. The molecule has 39 heavy (non-hydrogen) atoms. The van der Waals surface area contributed by atoms with Gasteiger partial charge in [-0.15, -0.1) is 0 Å². The van der Waals surface area contributed by atoms with E-state index in [1.165, 1.54) is 7.11 Å². The molecule has 2 aromatic rings. The van der Waals surface area contributed by atoms with Crippen molar-refractivity contribution in [2.75, 3.05) is 25.2 Å². The van der Waals surface area contributed by atoms with Crippen LogP contribution in [0.1, 0.15) is 44.2 Å². The van der Waals surface area contributed by atoms with Gasteiger partial charge >= 0.3 is 11.9 Å². The Morgan fingerprint density at radius 1 is 1.08 bits per heavy atom. The van der Waals surface area contributed by atoms with Crippen molar-refractivity contribution in [2.45, 2.75) is 39.7 Å². The Morgan fingerprint density at radius 2 is 1.79 bits per heavy atom. The molecule has 0 amide bonds. The molecule has 7 nitrogen and oxygen atoms in total. The van der Waals surface area contributed by atoms with Crippen LogP contribution in [-0.2, 0) is 30.5 Å². The highest BCUT2D eigenvalue weighted by Gasteiger charge is 2.47. The summed E-state index contributed by atoms with van der Waals surface area (Å²) in [6.07, 6.45) is 0.489. The van der Waals surface area contributed by atoms with E-state index >= 15 is 0 Å². The van der Waals surface area contributed by atoms with Crippen molar-refractivity contribution in [1.82, 2.24) is 5.32 Å². The molecule has 2 aromatic carbocycles. The van der Waals surface area contributed by atoms with E-state index in [0.29, 0.717) is 41.4 Å². The minimum atomic E-state index is -0.928. The Bertz CT molecular complexity index is 1270. The summed E-state index contributed by atoms with van der Waals surface area (Å²) in [5.74, 6) is -0.910. The summed E-state index contributed by atoms with van der Waals surface area (Å²) in [6, 6.07) is 17.3. The van der Waals surface area contributed by atoms with Gasteiger partial charge in [0.25, 0.3) is 0 Å². The zero-order valence-electron chi connectivity index (χ0n) is 22.8. The van der Waals surface area contributed by atoms with Crippen LogP contribution < -0.4 is 10.1 Å². The summed E-state index contributed by atoms with van der Waals surface area (Å²) in [7, 11) is 1.29. The van der Waals surface area contributed by atoms with E-state index < -0.39 is 23.8 Å². The van der Waals surface area contributed by atoms with Gasteiger partial charge in [-0.1, -0.05) is 56.3 Å². The third-order valence-corrected chi connectivity index (χ3v) is 7.95. The highest BCUT2D eigenvalue weighted by atomic mass is 32.2. The second-order valence-corrected chi connectivity index (χ2v) is 11.1. The molecular formula is C31H35NO6S. The molecule has 0 radical (unpaired) electrons. The molecule has 0 saturated heterocycles. The van der Waals surface area contributed by atoms with Gasteiger partial charge in [0.15, 0.2) is 5.78 Å². The molecule has 0 spiro atoms. The third-order valence-electron chi connectivity index (χ3n) is 7.09. The Balaban J connectivity index is 1.68. The van der Waals surface area contributed by atoms with Crippen molar-refractivity contribution in [3.05, 3.63) is 88.3 Å². The van der Waals surface area contributed by atoms with E-state index in [1.54, 1.807) is 11.8 Å². The summed E-state index contributed by atoms with van der Waals surface area (Å²) in [5, 5.41) is 3.29. The number of allylic oxidation sites excluding steroid dienone is 3. The van der Waals surface area contributed by atoms with Crippen LogP contribution in [0.3, 0.4) is 0 Å². The lowest BCUT2D eigenvalue weighted by molar-refractivity contribution is -0.151. The van der Waals surface area contributed by atoms with Crippen molar-refractivity contribution in [1.29, 1.82) is 0 Å². The Kier molecular flexibility index (Phi) is 9.51. The molecule has 0 bridgehead atoms. The number of dihydropyridines is 1. The van der Waals surface area contributed by atoms with Crippen LogP contribution >= 0.6 is 11.8 Å². The number of esters is 2. The fraction of sp³-hybridized carbons (Fsp3) is 0.387. The normalized spacial score (nSPS) is 20.7. The van der Waals surface area contributed by atoms with Crippen molar-refractivity contribution in [3.63, 3.8) is 0 Å². The van der Waals surface area contributed by atoms with Gasteiger partial charge in [-0.25, -0.2) is 4.79 Å². The molecule has 1 N–H and O–H groups in total. The van der Waals surface area contributed by atoms with Gasteiger partial charge in [-0.3, -0.25) is 9.59 Å². The standard InChI is InChI=1S/C31H35NO6S/c1-5-39-16-15-37-31(35)26-20(3)32-24-17-19(2)25(30(34)36-4)29(33)28(24)27(26)22-11-13-23(14-12-22)38-18-21-9-7-6-8-10-21/h6-14,19,25,27,32H,5,15-18H2,1-4H3/t19-,25+,27-/m0/s1. The molecule has 3 atom stereocenters. The zero-order chi connectivity index (χ0) is 27.9. The first kappa shape index (κ1) is 28.5. The molecule has 0 unspecified atom stereocenters. The molecule has 0 aromatic heterocycles. The second-order valence-electron chi connectivity index (χ2n) is 9.71. The fourth-order valence-electron chi connectivity index (χ4n) is 5.20. The summed E-state index contributed by atoms with van der Waals surface area (Å²) < 4.78 is 16.6. The molecule has 1 heterocycles. The summed E-state index contributed by atoms with van der Waals surface area (Å²) in [6.45, 7) is 6.44. The van der Waals surface area contributed by atoms with Crippen LogP contribution in [0.5, 0.6) is 5.75 Å². The van der Waals surface area contributed by atoms with Gasteiger partial charge in [0.1, 0.15) is 24.9 Å². The number of methoxy groups -OCH3 is 1. The van der Waals surface area contributed by atoms with Gasteiger partial charge in [0.05, 0.1) is 12.7 Å². The molecule has 0 saturated carbocycles. The zero-order valence-corrected chi connectivity index (χ0v) is 23.6. The quantitative estimate of drug-likeness (QED) is 0.247. The van der Waals surface area contributed by atoms with Crippen LogP contribution in [0, 0.1) is 11.8 Å². The highest BCUT2D eigenvalue weighted by molar-refractivity contribution is 7.99. The molecular weight excluding hydrogens is 514 g/mol. The maximum absolute atomic E-state index is 13.9. The molecule has 0 fully saturated rings. The predicted molar refractivity (Wildman–Crippen MR) is 151 cm³/mol. The van der Waals surface area contributed by atoms with Crippen molar-refractivity contribution < 1.29 is 28.6 Å². The largest absolute Gasteiger partial charge is 0.489 e. The molecule has 8 heteroatoms. The Labute approximate surface area is 234 Å². The van der Waals surface area contributed by atoms with Crippen LogP contribution in [0.25, 0.3) is 0 Å². The topological polar surface area (TPSA) is 90.9 Å². The number of hydrogen-bond acceptors (Lipinski definition) is 8.